The van der Waals surface area contributed by atoms with E-state index in [1.54, 1.807) is 5.92 Å². The van der Waals surface area contributed by atoms with Crippen molar-refractivity contribution in [2.75, 3.05) is 12.3 Å². The summed E-state index contributed by atoms with van der Waals surface area (Å²) in [6, 6.07) is 1.23. The normalized spacial score (nSPS) is 28.9. The standard InChI is InChI=1S/C13H16FN4O13P3/c1-2-13(14)8(19)7(5-28-33(24,25)31-34(26,27)30-32(21,22)23)29-11(13)18-4-3-6-9(18)16-12(15)17-10(6)20/h1,3-4,7-8,11,19H,5H2,(H,24,25)(H,26,27)(H2,21,22,23)(H3,15,16,17,20)/t7-,8+,11-,13?/m1/s1. The average Bonchev–Trinajstić information content (AvgIpc) is 3.17. The molecule has 6 atom stereocenters. The van der Waals surface area contributed by atoms with E-state index in [0.29, 0.717) is 0 Å². The molecule has 0 bridgehead atoms. The van der Waals surface area contributed by atoms with Crippen LogP contribution in [0.4, 0.5) is 10.3 Å². The monoisotopic (exact) mass is 548 g/mol. The number of aromatic nitrogens is 3. The fraction of sp³-hybridized carbons (Fsp3) is 0.385. The van der Waals surface area contributed by atoms with Crippen LogP contribution in [0.1, 0.15) is 6.23 Å². The highest BCUT2D eigenvalue weighted by Gasteiger charge is 2.58. The van der Waals surface area contributed by atoms with E-state index in [2.05, 4.69) is 23.1 Å². The minimum absolute atomic E-state index is 0.0385. The van der Waals surface area contributed by atoms with Crippen LogP contribution < -0.4 is 11.3 Å². The summed E-state index contributed by atoms with van der Waals surface area (Å²) in [4.78, 5) is 53.8. The minimum atomic E-state index is -5.80. The van der Waals surface area contributed by atoms with Crippen molar-refractivity contribution < 1.29 is 60.6 Å². The Labute approximate surface area is 187 Å². The Morgan fingerprint density at radius 1 is 1.29 bits per heavy atom. The predicted molar refractivity (Wildman–Crippen MR) is 107 cm³/mol. The maximum absolute atomic E-state index is 15.5. The Morgan fingerprint density at radius 3 is 2.53 bits per heavy atom. The molecule has 3 rings (SSSR count). The number of terminal acetylenes is 1. The first-order valence-corrected chi connectivity index (χ1v) is 13.1. The number of alkyl halides is 1. The van der Waals surface area contributed by atoms with Crippen LogP contribution in [-0.4, -0.2) is 63.7 Å². The maximum atomic E-state index is 15.5. The predicted octanol–water partition coefficient (Wildman–Crippen LogP) is -0.750. The first-order valence-electron chi connectivity index (χ1n) is 8.63. The zero-order valence-electron chi connectivity index (χ0n) is 16.4. The molecule has 1 aliphatic rings. The Morgan fingerprint density at radius 2 is 1.94 bits per heavy atom. The lowest BCUT2D eigenvalue weighted by molar-refractivity contribution is -0.0493. The number of rotatable bonds is 8. The third kappa shape index (κ3) is 5.47. The maximum Gasteiger partial charge on any atom is 0.490 e. The van der Waals surface area contributed by atoms with Gasteiger partial charge in [0.2, 0.25) is 11.6 Å². The molecule has 21 heteroatoms. The second-order valence-corrected chi connectivity index (χ2v) is 11.1. The van der Waals surface area contributed by atoms with Gasteiger partial charge < -0.3 is 39.7 Å². The number of halogens is 1. The number of anilines is 1. The summed E-state index contributed by atoms with van der Waals surface area (Å²) in [5.41, 5.74) is 1.64. The van der Waals surface area contributed by atoms with Gasteiger partial charge in [-0.25, -0.2) is 18.1 Å². The third-order valence-corrected chi connectivity index (χ3v) is 8.14. The number of phosphoric ester groups is 1. The van der Waals surface area contributed by atoms with E-state index in [9.17, 15) is 28.5 Å². The van der Waals surface area contributed by atoms with Crippen LogP contribution in [0.3, 0.4) is 0 Å². The largest absolute Gasteiger partial charge is 0.490 e. The lowest BCUT2D eigenvalue weighted by Crippen LogP contribution is -2.42. The van der Waals surface area contributed by atoms with E-state index in [0.717, 1.165) is 10.8 Å². The van der Waals surface area contributed by atoms with Crippen molar-refractivity contribution in [2.45, 2.75) is 24.1 Å². The molecule has 8 N–H and O–H groups in total. The van der Waals surface area contributed by atoms with Gasteiger partial charge in [-0.3, -0.25) is 14.3 Å². The van der Waals surface area contributed by atoms with Crippen LogP contribution in [-0.2, 0) is 31.6 Å². The van der Waals surface area contributed by atoms with Crippen molar-refractivity contribution in [3.05, 3.63) is 22.6 Å². The van der Waals surface area contributed by atoms with E-state index >= 15 is 4.39 Å². The third-order valence-electron chi connectivity index (χ3n) is 4.34. The Balaban J connectivity index is 1.83. The van der Waals surface area contributed by atoms with Crippen molar-refractivity contribution in [3.8, 4) is 12.3 Å². The van der Waals surface area contributed by atoms with E-state index in [4.69, 9.17) is 31.6 Å². The number of nitrogens with two attached hydrogens (primary N) is 1. The zero-order valence-corrected chi connectivity index (χ0v) is 19.0. The van der Waals surface area contributed by atoms with Crippen molar-refractivity contribution in [1.82, 2.24) is 14.5 Å². The molecule has 17 nitrogen and oxygen atoms in total. The van der Waals surface area contributed by atoms with Crippen molar-refractivity contribution in [3.63, 3.8) is 0 Å². The van der Waals surface area contributed by atoms with Crippen LogP contribution in [0, 0.1) is 12.3 Å². The summed E-state index contributed by atoms with van der Waals surface area (Å²) in [6.45, 7) is -1.18. The number of phosphoric acid groups is 3. The number of aromatic amines is 1. The topological polar surface area (TPSA) is 266 Å². The quantitative estimate of drug-likeness (QED) is 0.158. The van der Waals surface area contributed by atoms with E-state index in [1.165, 1.54) is 6.07 Å². The average molecular weight is 548 g/mol. The van der Waals surface area contributed by atoms with Gasteiger partial charge in [0.05, 0.1) is 12.0 Å². The van der Waals surface area contributed by atoms with Gasteiger partial charge in [0.1, 0.15) is 12.2 Å². The SMILES string of the molecule is C#CC1(F)[C@@H](O)[C@@H](COP(=O)(O)OP(=O)(O)OP(=O)(O)O)O[C@H]1n1ccc2c(=O)[nH]c(N)nc21. The van der Waals surface area contributed by atoms with Crippen LogP contribution in [0.15, 0.2) is 17.1 Å². The van der Waals surface area contributed by atoms with Gasteiger partial charge in [-0.2, -0.15) is 13.6 Å². The highest BCUT2D eigenvalue weighted by Crippen LogP contribution is 2.66. The molecule has 188 valence electrons. The molecule has 2 aromatic rings. The number of nitrogens with zero attached hydrogens (tertiary/aromatic N) is 2. The molecular formula is C13H16FN4O13P3. The molecule has 3 unspecified atom stereocenters. The molecule has 2 aromatic heterocycles. The van der Waals surface area contributed by atoms with Crippen molar-refractivity contribution in [2.24, 2.45) is 0 Å². The molecule has 0 saturated carbocycles. The Hall–Kier alpha value is -1.96. The van der Waals surface area contributed by atoms with Gasteiger partial charge in [-0.1, -0.05) is 5.92 Å². The number of H-pyrrole nitrogens is 1. The van der Waals surface area contributed by atoms with Gasteiger partial charge in [0, 0.05) is 6.20 Å². The van der Waals surface area contributed by atoms with Crippen molar-refractivity contribution >= 4 is 40.4 Å². The van der Waals surface area contributed by atoms with Gasteiger partial charge in [0.25, 0.3) is 5.56 Å². The van der Waals surface area contributed by atoms with Crippen LogP contribution >= 0.6 is 23.5 Å². The molecule has 0 aromatic carbocycles. The lowest BCUT2D eigenvalue weighted by atomic mass is 9.97. The highest BCUT2D eigenvalue weighted by molar-refractivity contribution is 7.66. The van der Waals surface area contributed by atoms with Crippen LogP contribution in [0.25, 0.3) is 11.0 Å². The Kier molecular flexibility index (Phi) is 6.99. The Bertz CT molecular complexity index is 1350. The first-order chi connectivity index (χ1) is 15.5. The van der Waals surface area contributed by atoms with E-state index in [-0.39, 0.29) is 17.0 Å². The summed E-state index contributed by atoms with van der Waals surface area (Å²) >= 11 is 0. The van der Waals surface area contributed by atoms with Gasteiger partial charge in [0.15, 0.2) is 11.9 Å². The smallest absolute Gasteiger partial charge is 0.386 e. The summed E-state index contributed by atoms with van der Waals surface area (Å²) in [5, 5.41) is 10.3. The summed E-state index contributed by atoms with van der Waals surface area (Å²) in [7, 11) is -17.0. The second kappa shape index (κ2) is 8.92. The minimum Gasteiger partial charge on any atom is -0.386 e. The molecule has 0 aliphatic carbocycles. The lowest BCUT2D eigenvalue weighted by Gasteiger charge is -2.24. The highest BCUT2D eigenvalue weighted by atomic mass is 31.3. The fourth-order valence-electron chi connectivity index (χ4n) is 3.03. The molecule has 0 amide bonds. The molecule has 1 aliphatic heterocycles. The second-order valence-electron chi connectivity index (χ2n) is 6.68. The number of aliphatic hydroxyl groups is 1. The van der Waals surface area contributed by atoms with E-state index in [1.807, 2.05) is 0 Å². The van der Waals surface area contributed by atoms with Gasteiger partial charge in [-0.05, 0) is 6.07 Å². The summed E-state index contributed by atoms with van der Waals surface area (Å²) in [5.74, 6) is 1.37. The molecular weight excluding hydrogens is 532 g/mol. The molecule has 0 spiro atoms. The fourth-order valence-corrected chi connectivity index (χ4v) is 6.06. The molecule has 1 fully saturated rings. The van der Waals surface area contributed by atoms with E-state index < -0.39 is 59.7 Å². The van der Waals surface area contributed by atoms with Crippen LogP contribution in [0.5, 0.6) is 0 Å². The molecule has 34 heavy (non-hydrogen) atoms. The summed E-state index contributed by atoms with van der Waals surface area (Å²) in [6.07, 6.45) is 0.509. The number of fused-ring (bicyclic) bond motifs is 1. The summed E-state index contributed by atoms with van der Waals surface area (Å²) < 4.78 is 67.2. The molecule has 3 heterocycles. The number of aliphatic hydroxyl groups excluding tert-OH is 1. The molecule has 1 saturated heterocycles. The number of nitrogen functional groups attached to an aromatic ring is 1. The van der Waals surface area contributed by atoms with Crippen LogP contribution in [0.2, 0.25) is 0 Å². The molecule has 0 radical (unpaired) electrons. The number of nitrogens with one attached hydrogen (secondary N) is 1. The number of ether oxygens (including phenoxy) is 1. The number of hydrogen-bond acceptors (Lipinski definition) is 11. The zero-order chi connectivity index (χ0) is 25.7. The van der Waals surface area contributed by atoms with Gasteiger partial charge in [-0.15, -0.1) is 6.42 Å². The van der Waals surface area contributed by atoms with Gasteiger partial charge >= 0.3 is 23.5 Å². The first kappa shape index (κ1) is 26.6. The van der Waals surface area contributed by atoms with Crippen molar-refractivity contribution in [1.29, 1.82) is 0 Å². The number of hydrogen-bond donors (Lipinski definition) is 7.